The predicted octanol–water partition coefficient (Wildman–Crippen LogP) is -0.968. The van der Waals surface area contributed by atoms with Gasteiger partial charge in [0.2, 0.25) is 6.29 Å². The van der Waals surface area contributed by atoms with Crippen molar-refractivity contribution in [2.24, 2.45) is 5.41 Å². The number of rotatable bonds is 6. The molecule has 0 aromatic carbocycles. The number of aliphatic hydroxyl groups excluding tert-OH is 4. The molecule has 0 saturated carbocycles. The second-order valence-electron chi connectivity index (χ2n) is 4.78. The highest BCUT2D eigenvalue weighted by molar-refractivity contribution is 6.27. The third kappa shape index (κ3) is 3.92. The van der Waals surface area contributed by atoms with E-state index in [1.54, 1.807) is 0 Å². The Bertz CT molecular complexity index is 342. The number of carbonyl (C=O) groups excluding carboxylic acids is 1. The van der Waals surface area contributed by atoms with Crippen LogP contribution in [0.1, 0.15) is 0 Å². The summed E-state index contributed by atoms with van der Waals surface area (Å²) in [6.07, 6.45) is -7.64. The largest absolute Gasteiger partial charge is 0.432 e. The van der Waals surface area contributed by atoms with E-state index in [1.165, 1.54) is 0 Å². The number of aliphatic hydroxyl groups is 4. The zero-order valence-electron chi connectivity index (χ0n) is 10.9. The molecule has 21 heavy (non-hydrogen) atoms. The predicted molar refractivity (Wildman–Crippen MR) is 74.5 cm³/mol. The minimum Gasteiger partial charge on any atom is -0.432 e. The van der Waals surface area contributed by atoms with Gasteiger partial charge in [-0.25, -0.2) is 0 Å². The Morgan fingerprint density at radius 2 is 1.57 bits per heavy atom. The fourth-order valence-electron chi connectivity index (χ4n) is 1.67. The van der Waals surface area contributed by atoms with Crippen molar-refractivity contribution in [3.05, 3.63) is 0 Å². The fraction of sp³-hybridized carbons (Fsp3) is 0.909. The molecular formula is C11H17Cl3O7. The molecule has 124 valence electrons. The van der Waals surface area contributed by atoms with Crippen LogP contribution in [0.3, 0.4) is 0 Å². The van der Waals surface area contributed by atoms with E-state index in [4.69, 9.17) is 49.4 Å². The molecule has 0 radical (unpaired) electrons. The Morgan fingerprint density at radius 3 is 2.00 bits per heavy atom. The van der Waals surface area contributed by atoms with Gasteiger partial charge in [0.15, 0.2) is 0 Å². The van der Waals surface area contributed by atoms with Crippen LogP contribution in [-0.4, -0.2) is 81.3 Å². The van der Waals surface area contributed by atoms with Crippen LogP contribution in [0, 0.1) is 5.41 Å². The molecule has 5 atom stereocenters. The molecule has 1 aliphatic rings. The number of halogens is 3. The first-order valence-electron chi connectivity index (χ1n) is 6.06. The molecule has 1 heterocycles. The van der Waals surface area contributed by atoms with Crippen molar-refractivity contribution in [3.8, 4) is 0 Å². The first-order valence-corrected chi connectivity index (χ1v) is 7.66. The molecule has 0 bridgehead atoms. The maximum Gasteiger partial charge on any atom is 0.318 e. The van der Waals surface area contributed by atoms with Crippen LogP contribution in [0.5, 0.6) is 0 Å². The van der Waals surface area contributed by atoms with Gasteiger partial charge in [0.1, 0.15) is 29.8 Å². The highest BCUT2D eigenvalue weighted by Crippen LogP contribution is 2.29. The van der Waals surface area contributed by atoms with Crippen molar-refractivity contribution >= 4 is 40.8 Å². The summed E-state index contributed by atoms with van der Waals surface area (Å²) in [5, 5.41) is 38.0. The normalized spacial score (nSPS) is 33.8. The van der Waals surface area contributed by atoms with Gasteiger partial charge in [0.25, 0.3) is 0 Å². The van der Waals surface area contributed by atoms with E-state index in [0.717, 1.165) is 0 Å². The molecule has 1 aliphatic heterocycles. The Morgan fingerprint density at radius 1 is 1.05 bits per heavy atom. The molecule has 1 rings (SSSR count). The smallest absolute Gasteiger partial charge is 0.318 e. The first-order chi connectivity index (χ1) is 9.86. The Balaban J connectivity index is 2.83. The number of esters is 1. The molecule has 0 aromatic rings. The quantitative estimate of drug-likeness (QED) is 0.353. The number of hydrogen-bond donors (Lipinski definition) is 4. The number of hydrogen-bond acceptors (Lipinski definition) is 7. The Kier molecular flexibility index (Phi) is 7.42. The standard InChI is InChI=1S/C11H17Cl3O7/c12-2-11(3-13,4-14)10(19)21-9-8(18)7(17)6(16)5(1-15)20-9/h5-9,15-18H,1-4H2/t5-,6-,7+,8-,9?/m1/s1. The molecule has 10 heteroatoms. The van der Waals surface area contributed by atoms with Crippen LogP contribution in [-0.2, 0) is 14.3 Å². The molecule has 1 unspecified atom stereocenters. The topological polar surface area (TPSA) is 116 Å². The lowest BCUT2D eigenvalue weighted by molar-refractivity contribution is -0.294. The maximum atomic E-state index is 12.1. The van der Waals surface area contributed by atoms with Gasteiger partial charge < -0.3 is 29.9 Å². The van der Waals surface area contributed by atoms with Gasteiger partial charge >= 0.3 is 5.97 Å². The highest BCUT2D eigenvalue weighted by atomic mass is 35.5. The second kappa shape index (κ2) is 8.12. The third-order valence-electron chi connectivity index (χ3n) is 3.27. The minimum atomic E-state index is -1.69. The molecule has 0 amide bonds. The molecule has 4 N–H and O–H groups in total. The van der Waals surface area contributed by atoms with E-state index >= 15 is 0 Å². The summed E-state index contributed by atoms with van der Waals surface area (Å²) in [5.41, 5.74) is -1.37. The van der Waals surface area contributed by atoms with Crippen LogP contribution in [0.2, 0.25) is 0 Å². The van der Waals surface area contributed by atoms with E-state index in [1.807, 2.05) is 0 Å². The van der Waals surface area contributed by atoms with E-state index < -0.39 is 48.7 Å². The molecule has 7 nitrogen and oxygen atoms in total. The van der Waals surface area contributed by atoms with Gasteiger partial charge in [-0.3, -0.25) is 4.79 Å². The summed E-state index contributed by atoms with van der Waals surface area (Å²) in [6, 6.07) is 0. The Hall–Kier alpha value is 0.140. The minimum absolute atomic E-state index is 0.212. The average molecular weight is 368 g/mol. The maximum absolute atomic E-state index is 12.1. The summed E-state index contributed by atoms with van der Waals surface area (Å²) >= 11 is 17.0. The second-order valence-corrected chi connectivity index (χ2v) is 5.59. The molecule has 0 aliphatic carbocycles. The van der Waals surface area contributed by atoms with Gasteiger partial charge in [-0.2, -0.15) is 0 Å². The molecule has 0 aromatic heterocycles. The SMILES string of the molecule is O=C(OC1O[C@H](CO)[C@@H](O)[C@H](O)[C@H]1O)C(CCl)(CCl)CCl. The van der Waals surface area contributed by atoms with Crippen molar-refractivity contribution in [1.82, 2.24) is 0 Å². The molecule has 1 saturated heterocycles. The van der Waals surface area contributed by atoms with Crippen molar-refractivity contribution in [1.29, 1.82) is 0 Å². The van der Waals surface area contributed by atoms with Gasteiger partial charge in [-0.05, 0) is 0 Å². The molecule has 0 spiro atoms. The van der Waals surface area contributed by atoms with Crippen molar-refractivity contribution in [2.75, 3.05) is 24.2 Å². The van der Waals surface area contributed by atoms with E-state index in [-0.39, 0.29) is 17.6 Å². The lowest BCUT2D eigenvalue weighted by Crippen LogP contribution is -2.60. The number of alkyl halides is 3. The summed E-state index contributed by atoms with van der Waals surface area (Å²) in [4.78, 5) is 12.1. The van der Waals surface area contributed by atoms with Crippen molar-refractivity contribution < 1.29 is 34.7 Å². The van der Waals surface area contributed by atoms with Gasteiger partial charge in [-0.15, -0.1) is 34.8 Å². The highest BCUT2D eigenvalue weighted by Gasteiger charge is 2.47. The van der Waals surface area contributed by atoms with Gasteiger partial charge in [0.05, 0.1) is 6.61 Å². The first kappa shape index (κ1) is 19.2. The van der Waals surface area contributed by atoms with Crippen LogP contribution in [0.4, 0.5) is 0 Å². The van der Waals surface area contributed by atoms with Crippen LogP contribution >= 0.6 is 34.8 Å². The fourth-order valence-corrected chi connectivity index (χ4v) is 2.85. The molecular weight excluding hydrogens is 350 g/mol. The summed E-state index contributed by atoms with van der Waals surface area (Å²) in [5.74, 6) is -1.55. The van der Waals surface area contributed by atoms with Crippen LogP contribution < -0.4 is 0 Å². The lowest BCUT2D eigenvalue weighted by atomic mass is 9.95. The number of ether oxygens (including phenoxy) is 2. The van der Waals surface area contributed by atoms with Crippen molar-refractivity contribution in [3.63, 3.8) is 0 Å². The van der Waals surface area contributed by atoms with Crippen LogP contribution in [0.15, 0.2) is 0 Å². The van der Waals surface area contributed by atoms with E-state index in [9.17, 15) is 20.1 Å². The molecule has 1 fully saturated rings. The summed E-state index contributed by atoms with van der Waals surface area (Å²) in [6.45, 7) is -0.634. The van der Waals surface area contributed by atoms with E-state index in [0.29, 0.717) is 0 Å². The summed E-state index contributed by atoms with van der Waals surface area (Å²) in [7, 11) is 0. The van der Waals surface area contributed by atoms with Gasteiger partial charge in [-0.1, -0.05) is 0 Å². The third-order valence-corrected chi connectivity index (χ3v) is 4.81. The zero-order valence-corrected chi connectivity index (χ0v) is 13.1. The zero-order chi connectivity index (χ0) is 16.2. The summed E-state index contributed by atoms with van der Waals surface area (Å²) < 4.78 is 9.99. The Labute approximate surface area is 136 Å². The van der Waals surface area contributed by atoms with Crippen molar-refractivity contribution in [2.45, 2.75) is 30.7 Å². The monoisotopic (exact) mass is 366 g/mol. The average Bonchev–Trinajstić information content (AvgIpc) is 2.50. The van der Waals surface area contributed by atoms with Gasteiger partial charge in [0, 0.05) is 17.6 Å². The van der Waals surface area contributed by atoms with Crippen LogP contribution in [0.25, 0.3) is 0 Å². The van der Waals surface area contributed by atoms with E-state index in [2.05, 4.69) is 0 Å². The number of carbonyl (C=O) groups is 1. The lowest BCUT2D eigenvalue weighted by Gasteiger charge is -2.40.